The Hall–Kier alpha value is -1.39. The van der Waals surface area contributed by atoms with Crippen molar-refractivity contribution in [3.63, 3.8) is 0 Å². The molecule has 0 N–H and O–H groups in total. The lowest BCUT2D eigenvalue weighted by molar-refractivity contribution is -0.137. The predicted molar refractivity (Wildman–Crippen MR) is 50.6 cm³/mol. The molecule has 1 nitrogen and oxygen atoms in total. The van der Waals surface area contributed by atoms with Crippen molar-refractivity contribution in [2.75, 3.05) is 0 Å². The van der Waals surface area contributed by atoms with E-state index in [1.807, 2.05) is 0 Å². The maximum absolute atomic E-state index is 13.1. The van der Waals surface area contributed by atoms with E-state index in [0.29, 0.717) is 24.6 Å². The maximum Gasteiger partial charge on any atom is 0.416 e. The number of carbonyl (C=O) groups is 1. The number of Topliss-reactive ketones (excluding diaryl/α,β-unsaturated/α-hetero) is 1. The third kappa shape index (κ3) is 2.81. The van der Waals surface area contributed by atoms with Crippen molar-refractivity contribution in [2.45, 2.75) is 25.9 Å². The van der Waals surface area contributed by atoms with Crippen LogP contribution in [0.25, 0.3) is 0 Å². The van der Waals surface area contributed by atoms with Crippen LogP contribution in [-0.4, -0.2) is 5.78 Å². The Balaban J connectivity index is 3.14. The molecule has 0 saturated heterocycles. The quantitative estimate of drug-likeness (QED) is 0.573. The molecule has 0 atom stereocenters. The average Bonchev–Trinajstić information content (AvgIpc) is 2.16. The minimum absolute atomic E-state index is 0.0399. The SMILES string of the molecule is CCCC(=O)c1cc(C(F)(F)F)ccc1F. The van der Waals surface area contributed by atoms with Gasteiger partial charge < -0.3 is 0 Å². The van der Waals surface area contributed by atoms with E-state index in [1.165, 1.54) is 0 Å². The first-order valence-electron chi connectivity index (χ1n) is 4.76. The number of ketones is 1. The molecule has 1 aromatic rings. The third-order valence-electron chi connectivity index (χ3n) is 2.07. The van der Waals surface area contributed by atoms with Crippen LogP contribution in [-0.2, 0) is 6.18 Å². The van der Waals surface area contributed by atoms with Gasteiger partial charge >= 0.3 is 6.18 Å². The van der Waals surface area contributed by atoms with Crippen molar-refractivity contribution in [1.82, 2.24) is 0 Å². The Morgan fingerprint density at radius 1 is 1.31 bits per heavy atom. The highest BCUT2D eigenvalue weighted by molar-refractivity contribution is 5.96. The van der Waals surface area contributed by atoms with E-state index in [1.54, 1.807) is 6.92 Å². The third-order valence-corrected chi connectivity index (χ3v) is 2.07. The Morgan fingerprint density at radius 3 is 2.44 bits per heavy atom. The summed E-state index contributed by atoms with van der Waals surface area (Å²) in [6.45, 7) is 1.70. The van der Waals surface area contributed by atoms with Gasteiger partial charge in [0.2, 0.25) is 0 Å². The summed E-state index contributed by atoms with van der Waals surface area (Å²) in [5, 5.41) is 0. The van der Waals surface area contributed by atoms with Crippen molar-refractivity contribution in [3.05, 3.63) is 35.1 Å². The van der Waals surface area contributed by atoms with Crippen molar-refractivity contribution < 1.29 is 22.4 Å². The Morgan fingerprint density at radius 2 is 1.94 bits per heavy atom. The molecule has 88 valence electrons. The molecule has 0 aliphatic carbocycles. The zero-order valence-electron chi connectivity index (χ0n) is 8.57. The topological polar surface area (TPSA) is 17.1 Å². The lowest BCUT2D eigenvalue weighted by atomic mass is 10.0. The largest absolute Gasteiger partial charge is 0.416 e. The number of alkyl halides is 3. The minimum Gasteiger partial charge on any atom is -0.294 e. The van der Waals surface area contributed by atoms with Crippen molar-refractivity contribution >= 4 is 5.78 Å². The second-order valence-corrected chi connectivity index (χ2v) is 3.37. The summed E-state index contributed by atoms with van der Waals surface area (Å²) in [4.78, 5) is 11.3. The van der Waals surface area contributed by atoms with Crippen LogP contribution < -0.4 is 0 Å². The fourth-order valence-corrected chi connectivity index (χ4v) is 1.28. The minimum atomic E-state index is -4.56. The molecule has 1 aromatic carbocycles. The van der Waals surface area contributed by atoms with E-state index in [4.69, 9.17) is 0 Å². The van der Waals surface area contributed by atoms with Gasteiger partial charge in [0.15, 0.2) is 5.78 Å². The Kier molecular flexibility index (Phi) is 3.67. The molecule has 5 heteroatoms. The molecule has 16 heavy (non-hydrogen) atoms. The highest BCUT2D eigenvalue weighted by atomic mass is 19.4. The zero-order chi connectivity index (χ0) is 12.3. The van der Waals surface area contributed by atoms with Crippen LogP contribution in [0.2, 0.25) is 0 Å². The first kappa shape index (κ1) is 12.7. The number of rotatable bonds is 3. The molecule has 1 rings (SSSR count). The monoisotopic (exact) mass is 234 g/mol. The second-order valence-electron chi connectivity index (χ2n) is 3.37. The summed E-state index contributed by atoms with van der Waals surface area (Å²) in [7, 11) is 0. The fraction of sp³-hybridized carbons (Fsp3) is 0.364. The van der Waals surface area contributed by atoms with Gasteiger partial charge in [-0.15, -0.1) is 0 Å². The molecule has 0 fully saturated rings. The Bertz CT molecular complexity index is 395. The maximum atomic E-state index is 13.1. The van der Waals surface area contributed by atoms with Crippen molar-refractivity contribution in [2.24, 2.45) is 0 Å². The number of hydrogen-bond acceptors (Lipinski definition) is 1. The van der Waals surface area contributed by atoms with Gasteiger partial charge in [0.1, 0.15) is 5.82 Å². The number of carbonyl (C=O) groups excluding carboxylic acids is 1. The Labute approximate surface area is 90.1 Å². The average molecular weight is 234 g/mol. The molecular weight excluding hydrogens is 224 g/mol. The van der Waals surface area contributed by atoms with Crippen LogP contribution in [0.4, 0.5) is 17.6 Å². The second kappa shape index (κ2) is 4.63. The first-order valence-corrected chi connectivity index (χ1v) is 4.76. The van der Waals surface area contributed by atoms with Crippen LogP contribution in [0, 0.1) is 5.82 Å². The van der Waals surface area contributed by atoms with Gasteiger partial charge in [-0.05, 0) is 24.6 Å². The number of benzene rings is 1. The summed E-state index contributed by atoms with van der Waals surface area (Å²) in [5.74, 6) is -1.52. The zero-order valence-corrected chi connectivity index (χ0v) is 8.57. The summed E-state index contributed by atoms with van der Waals surface area (Å²) in [6, 6.07) is 1.86. The lowest BCUT2D eigenvalue weighted by Crippen LogP contribution is -2.09. The predicted octanol–water partition coefficient (Wildman–Crippen LogP) is 3.83. The van der Waals surface area contributed by atoms with Crippen LogP contribution in [0.15, 0.2) is 18.2 Å². The molecule has 0 amide bonds. The van der Waals surface area contributed by atoms with Gasteiger partial charge in [-0.25, -0.2) is 4.39 Å². The molecule has 0 aromatic heterocycles. The molecular formula is C11H10F4O. The molecule has 0 radical (unpaired) electrons. The van der Waals surface area contributed by atoms with E-state index in [2.05, 4.69) is 0 Å². The first-order chi connectivity index (χ1) is 7.36. The van der Waals surface area contributed by atoms with Gasteiger partial charge in [-0.1, -0.05) is 6.92 Å². The summed E-state index contributed by atoms with van der Waals surface area (Å²) < 4.78 is 50.1. The molecule has 0 bridgehead atoms. The standard InChI is InChI=1S/C11H10F4O/c1-2-3-10(16)8-6-7(11(13,14)15)4-5-9(8)12/h4-6H,2-3H2,1H3. The molecule has 0 saturated carbocycles. The highest BCUT2D eigenvalue weighted by Gasteiger charge is 2.31. The van der Waals surface area contributed by atoms with Gasteiger partial charge in [-0.3, -0.25) is 4.79 Å². The van der Waals surface area contributed by atoms with Crippen LogP contribution in [0.3, 0.4) is 0 Å². The molecule has 0 unspecified atom stereocenters. The van der Waals surface area contributed by atoms with E-state index in [0.717, 1.165) is 0 Å². The van der Waals surface area contributed by atoms with Crippen LogP contribution in [0.1, 0.15) is 35.7 Å². The van der Waals surface area contributed by atoms with Gasteiger partial charge in [0.05, 0.1) is 11.1 Å². The van der Waals surface area contributed by atoms with Crippen LogP contribution >= 0.6 is 0 Å². The van der Waals surface area contributed by atoms with Crippen LogP contribution in [0.5, 0.6) is 0 Å². The van der Waals surface area contributed by atoms with Crippen molar-refractivity contribution in [3.8, 4) is 0 Å². The molecule has 0 aliphatic heterocycles. The van der Waals surface area contributed by atoms with Gasteiger partial charge in [0.25, 0.3) is 0 Å². The van der Waals surface area contributed by atoms with E-state index >= 15 is 0 Å². The molecule has 0 aliphatic rings. The lowest BCUT2D eigenvalue weighted by Gasteiger charge is -2.08. The van der Waals surface area contributed by atoms with Gasteiger partial charge in [0, 0.05) is 6.42 Å². The van der Waals surface area contributed by atoms with E-state index in [-0.39, 0.29) is 6.42 Å². The molecule has 0 heterocycles. The number of halogens is 4. The summed E-state index contributed by atoms with van der Waals surface area (Å²) >= 11 is 0. The van der Waals surface area contributed by atoms with Gasteiger partial charge in [-0.2, -0.15) is 13.2 Å². The van der Waals surface area contributed by atoms with E-state index < -0.39 is 28.9 Å². The van der Waals surface area contributed by atoms with E-state index in [9.17, 15) is 22.4 Å². The summed E-state index contributed by atoms with van der Waals surface area (Å²) in [6.07, 6.45) is -4.05. The fourth-order valence-electron chi connectivity index (χ4n) is 1.28. The van der Waals surface area contributed by atoms with Crippen molar-refractivity contribution in [1.29, 1.82) is 0 Å². The molecule has 0 spiro atoms. The highest BCUT2D eigenvalue weighted by Crippen LogP contribution is 2.30. The normalized spacial score (nSPS) is 11.6. The smallest absolute Gasteiger partial charge is 0.294 e. The number of hydrogen-bond donors (Lipinski definition) is 0. The summed E-state index contributed by atoms with van der Waals surface area (Å²) in [5.41, 5.74) is -1.50.